The molecule has 1 atom stereocenters. The summed E-state index contributed by atoms with van der Waals surface area (Å²) in [5.74, 6) is -0.289. The lowest BCUT2D eigenvalue weighted by Crippen LogP contribution is -2.23. The van der Waals surface area contributed by atoms with Crippen LogP contribution in [0, 0.1) is 5.92 Å². The van der Waals surface area contributed by atoms with Gasteiger partial charge in [0.25, 0.3) is 11.8 Å². The average molecular weight is 181 g/mol. The number of imide groups is 1. The molecule has 0 bridgehead atoms. The maximum Gasteiger partial charge on any atom is 0.254 e. The predicted octanol–water partition coefficient (Wildman–Crippen LogP) is 1.40. The molecule has 0 aromatic carbocycles. The summed E-state index contributed by atoms with van der Waals surface area (Å²) in [6.07, 6.45) is 4.61. The monoisotopic (exact) mass is 181 g/mol. The van der Waals surface area contributed by atoms with E-state index in [2.05, 4.69) is 12.2 Å². The van der Waals surface area contributed by atoms with Crippen LogP contribution in [0.4, 0.5) is 0 Å². The van der Waals surface area contributed by atoms with Gasteiger partial charge in [0.2, 0.25) is 0 Å². The molecule has 1 N–H and O–H groups in total. The smallest absolute Gasteiger partial charge is 0.254 e. The van der Waals surface area contributed by atoms with Gasteiger partial charge in [-0.15, -0.1) is 0 Å². The molecule has 0 aliphatic carbocycles. The maximum atomic E-state index is 11.2. The topological polar surface area (TPSA) is 46.2 Å². The molecule has 3 nitrogen and oxygen atoms in total. The van der Waals surface area contributed by atoms with E-state index in [1.807, 2.05) is 6.92 Å². The van der Waals surface area contributed by atoms with Crippen molar-refractivity contribution in [1.29, 1.82) is 0 Å². The second kappa shape index (κ2) is 4.21. The first-order valence-corrected chi connectivity index (χ1v) is 4.72. The first-order valence-electron chi connectivity index (χ1n) is 4.72. The van der Waals surface area contributed by atoms with Crippen LogP contribution in [0.2, 0.25) is 0 Å². The van der Waals surface area contributed by atoms with Crippen LogP contribution in [0.3, 0.4) is 0 Å². The fourth-order valence-corrected chi connectivity index (χ4v) is 1.46. The van der Waals surface area contributed by atoms with Crippen LogP contribution in [0.1, 0.15) is 33.1 Å². The van der Waals surface area contributed by atoms with Gasteiger partial charge in [-0.2, -0.15) is 0 Å². The zero-order chi connectivity index (χ0) is 9.84. The Hall–Kier alpha value is -1.12. The van der Waals surface area contributed by atoms with Crippen LogP contribution in [0.25, 0.3) is 0 Å². The molecule has 1 unspecified atom stereocenters. The lowest BCUT2D eigenvalue weighted by Gasteiger charge is -2.09. The molecular formula is C10H15NO2. The number of carbonyl (C=O) groups is 2. The summed E-state index contributed by atoms with van der Waals surface area (Å²) in [6.45, 7) is 4.10. The minimum Gasteiger partial charge on any atom is -0.289 e. The minimum atomic E-state index is -0.275. The molecule has 1 heterocycles. The van der Waals surface area contributed by atoms with Crippen molar-refractivity contribution < 1.29 is 9.59 Å². The molecule has 0 aromatic rings. The lowest BCUT2D eigenvalue weighted by molar-refractivity contribution is -0.124. The highest BCUT2D eigenvalue weighted by Gasteiger charge is 2.24. The molecule has 0 spiro atoms. The number of hydrogen-bond acceptors (Lipinski definition) is 2. The second-order valence-electron chi connectivity index (χ2n) is 3.46. The van der Waals surface area contributed by atoms with Gasteiger partial charge >= 0.3 is 0 Å². The van der Waals surface area contributed by atoms with Crippen molar-refractivity contribution in [3.63, 3.8) is 0 Å². The predicted molar refractivity (Wildman–Crippen MR) is 49.9 cm³/mol. The van der Waals surface area contributed by atoms with Gasteiger partial charge in [-0.05, 0) is 12.3 Å². The van der Waals surface area contributed by atoms with Crippen molar-refractivity contribution in [2.24, 2.45) is 5.92 Å². The Labute approximate surface area is 78.2 Å². The summed E-state index contributed by atoms with van der Waals surface area (Å²) in [4.78, 5) is 22.0. The molecule has 0 fully saturated rings. The fraction of sp³-hybridized carbons (Fsp3) is 0.600. The molecule has 1 aliphatic heterocycles. The molecule has 1 rings (SSSR count). The van der Waals surface area contributed by atoms with E-state index in [4.69, 9.17) is 0 Å². The highest BCUT2D eigenvalue weighted by Crippen LogP contribution is 2.19. The standard InChI is InChI=1S/C10H15NO2/c1-3-4-5-7(2)8-6-9(12)11-10(8)13/h6-7H,3-5H2,1-2H3,(H,11,12,13). The highest BCUT2D eigenvalue weighted by atomic mass is 16.2. The minimum absolute atomic E-state index is 0.200. The summed E-state index contributed by atoms with van der Waals surface area (Å²) in [6, 6.07) is 0. The number of unbranched alkanes of at least 4 members (excludes halogenated alkanes) is 1. The summed E-state index contributed by atoms with van der Waals surface area (Å²) < 4.78 is 0. The van der Waals surface area contributed by atoms with Crippen LogP contribution < -0.4 is 5.32 Å². The number of rotatable bonds is 4. The van der Waals surface area contributed by atoms with E-state index in [1.54, 1.807) is 0 Å². The van der Waals surface area contributed by atoms with E-state index in [9.17, 15) is 9.59 Å². The Morgan fingerprint density at radius 1 is 1.46 bits per heavy atom. The van der Waals surface area contributed by atoms with Crippen LogP contribution in [0.5, 0.6) is 0 Å². The van der Waals surface area contributed by atoms with Crippen molar-refractivity contribution in [1.82, 2.24) is 5.32 Å². The van der Waals surface area contributed by atoms with Gasteiger partial charge in [-0.3, -0.25) is 14.9 Å². The molecular weight excluding hydrogens is 166 g/mol. The molecule has 0 saturated heterocycles. The molecule has 72 valence electrons. The summed E-state index contributed by atoms with van der Waals surface area (Å²) in [5, 5.41) is 2.25. The van der Waals surface area contributed by atoms with E-state index in [0.717, 1.165) is 19.3 Å². The Morgan fingerprint density at radius 2 is 2.15 bits per heavy atom. The summed E-state index contributed by atoms with van der Waals surface area (Å²) in [7, 11) is 0. The second-order valence-corrected chi connectivity index (χ2v) is 3.46. The summed E-state index contributed by atoms with van der Waals surface area (Å²) in [5.41, 5.74) is 0.637. The van der Waals surface area contributed by atoms with Crippen molar-refractivity contribution in [2.75, 3.05) is 0 Å². The van der Waals surface area contributed by atoms with Crippen molar-refractivity contribution in [2.45, 2.75) is 33.1 Å². The Bertz CT molecular complexity index is 256. The molecule has 1 aliphatic rings. The number of nitrogens with one attached hydrogen (secondary N) is 1. The highest BCUT2D eigenvalue weighted by molar-refractivity contribution is 6.16. The van der Waals surface area contributed by atoms with Gasteiger partial charge in [-0.1, -0.05) is 26.7 Å². The Kier molecular flexibility index (Phi) is 3.23. The molecule has 0 radical (unpaired) electrons. The first kappa shape index (κ1) is 9.96. The normalized spacial score (nSPS) is 18.5. The summed E-state index contributed by atoms with van der Waals surface area (Å²) >= 11 is 0. The lowest BCUT2D eigenvalue weighted by atomic mass is 9.95. The third-order valence-electron chi connectivity index (χ3n) is 2.31. The Morgan fingerprint density at radius 3 is 2.62 bits per heavy atom. The van der Waals surface area contributed by atoms with E-state index < -0.39 is 0 Å². The number of hydrogen-bond donors (Lipinski definition) is 1. The van der Waals surface area contributed by atoms with Crippen LogP contribution in [0.15, 0.2) is 11.6 Å². The molecule has 0 saturated carbocycles. The number of carbonyl (C=O) groups excluding carboxylic acids is 2. The zero-order valence-electron chi connectivity index (χ0n) is 8.09. The molecule has 13 heavy (non-hydrogen) atoms. The van der Waals surface area contributed by atoms with E-state index in [-0.39, 0.29) is 17.7 Å². The average Bonchev–Trinajstić information content (AvgIpc) is 2.41. The SMILES string of the molecule is CCCCC(C)C1=CC(=O)NC1=O. The third kappa shape index (κ3) is 2.41. The Balaban J connectivity index is 2.55. The van der Waals surface area contributed by atoms with Crippen LogP contribution >= 0.6 is 0 Å². The van der Waals surface area contributed by atoms with Gasteiger partial charge in [0.05, 0.1) is 0 Å². The quantitative estimate of drug-likeness (QED) is 0.666. The van der Waals surface area contributed by atoms with Crippen molar-refractivity contribution in [3.8, 4) is 0 Å². The largest absolute Gasteiger partial charge is 0.289 e. The van der Waals surface area contributed by atoms with E-state index in [0.29, 0.717) is 5.57 Å². The van der Waals surface area contributed by atoms with Gasteiger partial charge in [-0.25, -0.2) is 0 Å². The molecule has 3 heteroatoms. The van der Waals surface area contributed by atoms with E-state index >= 15 is 0 Å². The van der Waals surface area contributed by atoms with Gasteiger partial charge in [0, 0.05) is 11.6 Å². The first-order chi connectivity index (χ1) is 6.15. The van der Waals surface area contributed by atoms with Gasteiger partial charge < -0.3 is 0 Å². The molecule has 0 aromatic heterocycles. The van der Waals surface area contributed by atoms with Crippen LogP contribution in [-0.2, 0) is 9.59 Å². The van der Waals surface area contributed by atoms with E-state index in [1.165, 1.54) is 6.08 Å². The van der Waals surface area contributed by atoms with Crippen molar-refractivity contribution >= 4 is 11.8 Å². The third-order valence-corrected chi connectivity index (χ3v) is 2.31. The maximum absolute atomic E-state index is 11.2. The number of amides is 2. The van der Waals surface area contributed by atoms with Gasteiger partial charge in [0.1, 0.15) is 0 Å². The molecule has 2 amide bonds. The van der Waals surface area contributed by atoms with Crippen molar-refractivity contribution in [3.05, 3.63) is 11.6 Å². The zero-order valence-corrected chi connectivity index (χ0v) is 8.09. The van der Waals surface area contributed by atoms with Crippen LogP contribution in [-0.4, -0.2) is 11.8 Å². The van der Waals surface area contributed by atoms with Gasteiger partial charge in [0.15, 0.2) is 0 Å². The fourth-order valence-electron chi connectivity index (χ4n) is 1.46.